The molecule has 0 bridgehead atoms. The second-order valence-electron chi connectivity index (χ2n) is 3.19. The molecule has 0 aromatic heterocycles. The lowest BCUT2D eigenvalue weighted by Crippen LogP contribution is -2.44. The number of hydrogen-bond acceptors (Lipinski definition) is 4. The van der Waals surface area contributed by atoms with Crippen molar-refractivity contribution in [1.82, 2.24) is 10.6 Å². The molecule has 0 aromatic rings. The summed E-state index contributed by atoms with van der Waals surface area (Å²) in [5.74, 6) is -2.03. The molecule has 16 heavy (non-hydrogen) atoms. The number of carbonyl (C=O) groups excluding carboxylic acids is 2. The van der Waals surface area contributed by atoms with Gasteiger partial charge in [0.25, 0.3) is 5.91 Å². The zero-order valence-corrected chi connectivity index (χ0v) is 8.43. The summed E-state index contributed by atoms with van der Waals surface area (Å²) >= 11 is 0. The molecule has 1 aliphatic rings. The van der Waals surface area contributed by atoms with Crippen molar-refractivity contribution >= 4 is 17.9 Å². The third-order valence-electron chi connectivity index (χ3n) is 1.88. The predicted molar refractivity (Wildman–Crippen MR) is 52.7 cm³/mol. The van der Waals surface area contributed by atoms with E-state index in [1.165, 1.54) is 0 Å². The molecule has 1 fully saturated rings. The first-order valence-electron chi connectivity index (χ1n) is 4.68. The maximum absolute atomic E-state index is 11.2. The molecule has 1 atom stereocenters. The van der Waals surface area contributed by atoms with E-state index < -0.39 is 17.9 Å². The Hall–Kier alpha value is -1.89. The molecule has 1 unspecified atom stereocenters. The van der Waals surface area contributed by atoms with E-state index in [4.69, 9.17) is 9.84 Å². The van der Waals surface area contributed by atoms with Gasteiger partial charge in [-0.05, 0) is 6.42 Å². The Morgan fingerprint density at radius 3 is 2.62 bits per heavy atom. The van der Waals surface area contributed by atoms with Gasteiger partial charge in [0.1, 0.15) is 0 Å². The number of urea groups is 1. The Morgan fingerprint density at radius 2 is 2.06 bits per heavy atom. The molecule has 0 saturated carbocycles. The molecular formula is C9H12N2O5. The molecule has 1 aliphatic heterocycles. The molecule has 3 amide bonds. The number of rotatable bonds is 3. The van der Waals surface area contributed by atoms with Gasteiger partial charge in [0.15, 0.2) is 0 Å². The number of carboxylic acid groups (broad SMARTS) is 1. The number of ether oxygens (including phenoxy) is 1. The molecule has 88 valence electrons. The zero-order valence-electron chi connectivity index (χ0n) is 8.43. The summed E-state index contributed by atoms with van der Waals surface area (Å²) < 4.78 is 5.02. The standard InChI is InChI=1S/C9H12N2O5/c12-7(1-2-8(13)14)11-9(15)10-6-3-4-16-5-6/h1-2,6H,3-5H2,(H,13,14)(H2,10,11,12,15)/b2-1+. The van der Waals surface area contributed by atoms with E-state index in [1.54, 1.807) is 0 Å². The van der Waals surface area contributed by atoms with Crippen molar-refractivity contribution in [2.45, 2.75) is 12.5 Å². The summed E-state index contributed by atoms with van der Waals surface area (Å²) in [6.45, 7) is 1.00. The molecular weight excluding hydrogens is 216 g/mol. The fraction of sp³-hybridized carbons (Fsp3) is 0.444. The average molecular weight is 228 g/mol. The topological polar surface area (TPSA) is 105 Å². The summed E-state index contributed by atoms with van der Waals surface area (Å²) in [6, 6.07) is -0.758. The van der Waals surface area contributed by atoms with Crippen molar-refractivity contribution in [3.63, 3.8) is 0 Å². The first kappa shape index (κ1) is 12.2. The number of aliphatic carboxylic acids is 1. The third kappa shape index (κ3) is 4.56. The van der Waals surface area contributed by atoms with E-state index in [9.17, 15) is 14.4 Å². The van der Waals surface area contributed by atoms with Crippen LogP contribution in [0.2, 0.25) is 0 Å². The monoisotopic (exact) mass is 228 g/mol. The second kappa shape index (κ2) is 5.86. The predicted octanol–water partition coefficient (Wildman–Crippen LogP) is -0.758. The average Bonchev–Trinajstić information content (AvgIpc) is 2.67. The van der Waals surface area contributed by atoms with E-state index in [1.807, 2.05) is 5.32 Å². The number of amides is 3. The minimum absolute atomic E-state index is 0.101. The Morgan fingerprint density at radius 1 is 1.31 bits per heavy atom. The lowest BCUT2D eigenvalue weighted by molar-refractivity contribution is -0.131. The summed E-state index contributed by atoms with van der Waals surface area (Å²) in [6.07, 6.45) is 2.13. The maximum Gasteiger partial charge on any atom is 0.328 e. The molecule has 1 rings (SSSR count). The highest BCUT2D eigenvalue weighted by Gasteiger charge is 2.18. The molecule has 3 N–H and O–H groups in total. The van der Waals surface area contributed by atoms with Crippen molar-refractivity contribution < 1.29 is 24.2 Å². The molecule has 0 aliphatic carbocycles. The smallest absolute Gasteiger partial charge is 0.328 e. The van der Waals surface area contributed by atoms with Gasteiger partial charge in [0, 0.05) is 18.8 Å². The number of nitrogens with one attached hydrogen (secondary N) is 2. The highest BCUT2D eigenvalue weighted by molar-refractivity contribution is 6.02. The van der Waals surface area contributed by atoms with Crippen LogP contribution in [0, 0.1) is 0 Å². The summed E-state index contributed by atoms with van der Waals surface area (Å²) in [5, 5.41) is 12.7. The van der Waals surface area contributed by atoms with Crippen molar-refractivity contribution in [1.29, 1.82) is 0 Å². The van der Waals surface area contributed by atoms with Crippen LogP contribution in [-0.4, -0.2) is 42.3 Å². The van der Waals surface area contributed by atoms with E-state index >= 15 is 0 Å². The molecule has 0 radical (unpaired) electrons. The first-order chi connectivity index (χ1) is 7.58. The van der Waals surface area contributed by atoms with Crippen LogP contribution in [0.15, 0.2) is 12.2 Å². The first-order valence-corrected chi connectivity index (χ1v) is 4.68. The Balaban J connectivity index is 2.27. The van der Waals surface area contributed by atoms with Crippen LogP contribution < -0.4 is 10.6 Å². The van der Waals surface area contributed by atoms with Gasteiger partial charge >= 0.3 is 12.0 Å². The quantitative estimate of drug-likeness (QED) is 0.551. The van der Waals surface area contributed by atoms with E-state index in [-0.39, 0.29) is 6.04 Å². The molecule has 1 saturated heterocycles. The van der Waals surface area contributed by atoms with Crippen molar-refractivity contribution in [3.05, 3.63) is 12.2 Å². The van der Waals surface area contributed by atoms with Crippen molar-refractivity contribution in [3.8, 4) is 0 Å². The van der Waals surface area contributed by atoms with Crippen LogP contribution in [0.3, 0.4) is 0 Å². The molecule has 7 heteroatoms. The normalized spacial score (nSPS) is 19.6. The number of carboxylic acids is 1. The number of carbonyl (C=O) groups is 3. The van der Waals surface area contributed by atoms with Crippen LogP contribution in [-0.2, 0) is 14.3 Å². The van der Waals surface area contributed by atoms with Crippen molar-refractivity contribution in [2.75, 3.05) is 13.2 Å². The lowest BCUT2D eigenvalue weighted by atomic mass is 10.3. The minimum Gasteiger partial charge on any atom is -0.478 e. The van der Waals surface area contributed by atoms with E-state index in [0.29, 0.717) is 25.7 Å². The summed E-state index contributed by atoms with van der Waals surface area (Å²) in [7, 11) is 0. The maximum atomic E-state index is 11.2. The van der Waals surface area contributed by atoms with Gasteiger partial charge in [-0.25, -0.2) is 9.59 Å². The molecule has 1 heterocycles. The highest BCUT2D eigenvalue weighted by Crippen LogP contribution is 2.02. The number of hydrogen-bond donors (Lipinski definition) is 3. The van der Waals surface area contributed by atoms with Crippen LogP contribution in [0.1, 0.15) is 6.42 Å². The lowest BCUT2D eigenvalue weighted by Gasteiger charge is -2.09. The van der Waals surface area contributed by atoms with Crippen LogP contribution in [0.5, 0.6) is 0 Å². The van der Waals surface area contributed by atoms with Gasteiger partial charge in [-0.15, -0.1) is 0 Å². The molecule has 7 nitrogen and oxygen atoms in total. The van der Waals surface area contributed by atoms with Gasteiger partial charge in [-0.3, -0.25) is 10.1 Å². The summed E-state index contributed by atoms with van der Waals surface area (Å²) in [5.41, 5.74) is 0. The van der Waals surface area contributed by atoms with Crippen LogP contribution in [0.25, 0.3) is 0 Å². The molecule has 0 aromatic carbocycles. The molecule has 0 spiro atoms. The van der Waals surface area contributed by atoms with E-state index in [0.717, 1.165) is 6.08 Å². The van der Waals surface area contributed by atoms with E-state index in [2.05, 4.69) is 5.32 Å². The van der Waals surface area contributed by atoms with Crippen molar-refractivity contribution in [2.24, 2.45) is 0 Å². The third-order valence-corrected chi connectivity index (χ3v) is 1.88. The fourth-order valence-corrected chi connectivity index (χ4v) is 1.17. The van der Waals surface area contributed by atoms with Crippen LogP contribution in [0.4, 0.5) is 4.79 Å². The Kier molecular flexibility index (Phi) is 4.46. The zero-order chi connectivity index (χ0) is 12.0. The van der Waals surface area contributed by atoms with Crippen LogP contribution >= 0.6 is 0 Å². The second-order valence-corrected chi connectivity index (χ2v) is 3.19. The minimum atomic E-state index is -1.25. The fourth-order valence-electron chi connectivity index (χ4n) is 1.17. The van der Waals surface area contributed by atoms with Gasteiger partial charge in [0.2, 0.25) is 0 Å². The summed E-state index contributed by atoms with van der Waals surface area (Å²) in [4.78, 5) is 32.2. The van der Waals surface area contributed by atoms with Gasteiger partial charge in [-0.1, -0.05) is 0 Å². The Labute approximate surface area is 91.5 Å². The van der Waals surface area contributed by atoms with Gasteiger partial charge < -0.3 is 15.2 Å². The number of imide groups is 1. The Bertz CT molecular complexity index is 320. The SMILES string of the molecule is O=C(O)/C=C/C(=O)NC(=O)NC1CCOC1. The van der Waals surface area contributed by atoms with Gasteiger partial charge in [-0.2, -0.15) is 0 Å². The van der Waals surface area contributed by atoms with Gasteiger partial charge in [0.05, 0.1) is 12.6 Å². The largest absolute Gasteiger partial charge is 0.478 e. The highest BCUT2D eigenvalue weighted by atomic mass is 16.5.